The highest BCUT2D eigenvalue weighted by atomic mass is 35.5. The van der Waals surface area contributed by atoms with Gasteiger partial charge in [0, 0.05) is 42.2 Å². The summed E-state index contributed by atoms with van der Waals surface area (Å²) in [5, 5.41) is 12.3. The van der Waals surface area contributed by atoms with Gasteiger partial charge in [0.2, 0.25) is 5.91 Å². The molecule has 0 spiro atoms. The summed E-state index contributed by atoms with van der Waals surface area (Å²) >= 11 is 6.60. The van der Waals surface area contributed by atoms with Gasteiger partial charge >= 0.3 is 6.01 Å². The van der Waals surface area contributed by atoms with Gasteiger partial charge < -0.3 is 14.5 Å². The van der Waals surface area contributed by atoms with Crippen LogP contribution >= 0.6 is 11.6 Å². The van der Waals surface area contributed by atoms with E-state index in [1.54, 1.807) is 18.3 Å². The second-order valence-electron chi connectivity index (χ2n) is 12.2. The number of benzene rings is 2. The summed E-state index contributed by atoms with van der Waals surface area (Å²) in [5.74, 6) is -0.490. The molecule has 1 amide bonds. The number of likely N-dealkylation sites (tertiary alicyclic amines) is 1. The van der Waals surface area contributed by atoms with Crippen molar-refractivity contribution in [3.8, 4) is 23.3 Å². The molecule has 11 heteroatoms. The maximum Gasteiger partial charge on any atom is 0.319 e. The van der Waals surface area contributed by atoms with Gasteiger partial charge in [0.1, 0.15) is 29.7 Å². The van der Waals surface area contributed by atoms with Crippen molar-refractivity contribution in [2.24, 2.45) is 0 Å². The lowest BCUT2D eigenvalue weighted by atomic mass is 9.95. The second-order valence-corrected chi connectivity index (χ2v) is 12.6. The Morgan fingerprint density at radius 3 is 2.73 bits per heavy atom. The van der Waals surface area contributed by atoms with Crippen molar-refractivity contribution >= 4 is 45.0 Å². The average Bonchev–Trinajstić information content (AvgIpc) is 3.78. The molecule has 2 aromatic heterocycles. The van der Waals surface area contributed by atoms with Crippen LogP contribution in [-0.4, -0.2) is 81.6 Å². The molecule has 3 saturated heterocycles. The van der Waals surface area contributed by atoms with E-state index in [-0.39, 0.29) is 34.7 Å². The minimum Gasteiger partial charge on any atom is -0.461 e. The van der Waals surface area contributed by atoms with Gasteiger partial charge in [-0.15, -0.1) is 0 Å². The molecule has 230 valence electrons. The number of aromatic nitrogens is 3. The number of likely N-dealkylation sites (N-methyl/N-ethyl adjacent to an activating group) is 1. The van der Waals surface area contributed by atoms with Gasteiger partial charge in [-0.3, -0.25) is 14.7 Å². The summed E-state index contributed by atoms with van der Waals surface area (Å²) in [6.07, 6.45) is 7.52. The summed E-state index contributed by atoms with van der Waals surface area (Å²) in [5.41, 5.74) is 0.718. The van der Waals surface area contributed by atoms with Crippen molar-refractivity contribution in [1.29, 1.82) is 5.26 Å². The number of hydrogen-bond acceptors (Lipinski definition) is 8. The molecule has 3 aliphatic rings. The first kappa shape index (κ1) is 29.4. The summed E-state index contributed by atoms with van der Waals surface area (Å²) in [7, 11) is 1.83. The van der Waals surface area contributed by atoms with Gasteiger partial charge in [-0.2, -0.15) is 15.2 Å². The Bertz CT molecular complexity index is 1860. The molecule has 3 fully saturated rings. The summed E-state index contributed by atoms with van der Waals surface area (Å²) < 4.78 is 23.1. The smallest absolute Gasteiger partial charge is 0.319 e. The molecule has 45 heavy (non-hydrogen) atoms. The van der Waals surface area contributed by atoms with Crippen LogP contribution in [0.25, 0.3) is 32.9 Å². The van der Waals surface area contributed by atoms with E-state index in [2.05, 4.69) is 27.5 Å². The van der Waals surface area contributed by atoms with Crippen LogP contribution in [0, 0.1) is 17.1 Å². The average molecular weight is 626 g/mol. The molecular weight excluding hydrogens is 593 g/mol. The number of amides is 1. The molecular formula is C34H33ClFN7O2. The molecule has 0 saturated carbocycles. The van der Waals surface area contributed by atoms with E-state index in [0.29, 0.717) is 46.7 Å². The number of fused-ring (bicyclic) bond motifs is 3. The first-order valence-electron chi connectivity index (χ1n) is 15.3. The molecule has 2 atom stereocenters. The van der Waals surface area contributed by atoms with Crippen LogP contribution in [0.3, 0.4) is 0 Å². The first-order valence-corrected chi connectivity index (χ1v) is 15.7. The number of halogens is 2. The molecule has 0 radical (unpaired) electrons. The van der Waals surface area contributed by atoms with Crippen LogP contribution < -0.4 is 9.64 Å². The summed E-state index contributed by atoms with van der Waals surface area (Å²) in [4.78, 5) is 32.4. The molecule has 3 aliphatic heterocycles. The number of ether oxygens (including phenoxy) is 1. The minimum absolute atomic E-state index is 0.0525. The van der Waals surface area contributed by atoms with Gasteiger partial charge in [-0.25, -0.2) is 4.39 Å². The topological polar surface area (TPSA) is 98.5 Å². The fraction of sp³-hybridized carbons (Fsp3) is 0.382. The fourth-order valence-corrected chi connectivity index (χ4v) is 7.73. The third-order valence-electron chi connectivity index (χ3n) is 9.80. The van der Waals surface area contributed by atoms with E-state index in [4.69, 9.17) is 21.3 Å². The third-order valence-corrected chi connectivity index (χ3v) is 10.1. The monoisotopic (exact) mass is 625 g/mol. The number of carbonyl (C=O) groups is 1. The summed E-state index contributed by atoms with van der Waals surface area (Å²) in [6.45, 7) is 6.40. The Labute approximate surface area is 265 Å². The van der Waals surface area contributed by atoms with Gasteiger partial charge in [0.05, 0.1) is 23.0 Å². The van der Waals surface area contributed by atoms with Crippen LogP contribution in [0.1, 0.15) is 32.1 Å². The number of anilines is 1. The van der Waals surface area contributed by atoms with Crippen molar-refractivity contribution in [3.63, 3.8) is 0 Å². The Morgan fingerprint density at radius 2 is 2.00 bits per heavy atom. The molecule has 9 nitrogen and oxygen atoms in total. The Balaban J connectivity index is 1.33. The molecule has 2 aromatic carbocycles. The second kappa shape index (κ2) is 11.5. The molecule has 0 aliphatic carbocycles. The Kier molecular flexibility index (Phi) is 7.54. The predicted octanol–water partition coefficient (Wildman–Crippen LogP) is 5.76. The zero-order valence-electron chi connectivity index (χ0n) is 25.0. The van der Waals surface area contributed by atoms with Gasteiger partial charge in [0.15, 0.2) is 5.82 Å². The van der Waals surface area contributed by atoms with E-state index < -0.39 is 11.9 Å². The Morgan fingerprint density at radius 1 is 1.24 bits per heavy atom. The van der Waals surface area contributed by atoms with E-state index in [0.717, 1.165) is 44.2 Å². The SMILES string of the molecule is C=CC(=O)N1CC(N(C)c2nc(OCC34CCCN3CCC4)nc3c(F)c(-c4cccc5cccc(Cl)c45)ncc23)CC1C#N. The zero-order valence-corrected chi connectivity index (χ0v) is 25.8. The minimum atomic E-state index is -0.612. The van der Waals surface area contributed by atoms with E-state index in [1.165, 1.54) is 11.0 Å². The maximum absolute atomic E-state index is 16.7. The van der Waals surface area contributed by atoms with Crippen LogP contribution in [0.15, 0.2) is 55.3 Å². The number of pyridine rings is 1. The lowest BCUT2D eigenvalue weighted by molar-refractivity contribution is -0.126. The first-order chi connectivity index (χ1) is 21.8. The highest BCUT2D eigenvalue weighted by Crippen LogP contribution is 2.41. The molecule has 5 heterocycles. The van der Waals surface area contributed by atoms with Crippen LogP contribution in [-0.2, 0) is 4.79 Å². The van der Waals surface area contributed by atoms with Crippen molar-refractivity contribution in [1.82, 2.24) is 24.8 Å². The third kappa shape index (κ3) is 4.95. The quantitative estimate of drug-likeness (QED) is 0.239. The molecule has 7 rings (SSSR count). The molecule has 0 N–H and O–H groups in total. The number of nitrogens with zero attached hydrogens (tertiary/aromatic N) is 7. The summed E-state index contributed by atoms with van der Waals surface area (Å²) in [6, 6.07) is 12.6. The lowest BCUT2D eigenvalue weighted by Gasteiger charge is -2.31. The normalized spacial score (nSPS) is 20.8. The van der Waals surface area contributed by atoms with E-state index in [1.807, 2.05) is 36.2 Å². The van der Waals surface area contributed by atoms with Crippen LogP contribution in [0.4, 0.5) is 10.2 Å². The zero-order chi connectivity index (χ0) is 31.3. The predicted molar refractivity (Wildman–Crippen MR) is 172 cm³/mol. The molecule has 2 unspecified atom stereocenters. The highest BCUT2D eigenvalue weighted by molar-refractivity contribution is 6.36. The lowest BCUT2D eigenvalue weighted by Crippen LogP contribution is -2.43. The fourth-order valence-electron chi connectivity index (χ4n) is 7.45. The Hall–Kier alpha value is -4.33. The standard InChI is InChI=1S/C34H33ClFN7O2/c1-3-27(44)43-19-23(16-22(43)17-37)41(2)32-25-18-38-30(24-10-4-8-21-9-5-11-26(35)28(21)24)29(36)31(25)39-33(40-32)45-20-34-12-6-14-42(34)15-7-13-34/h3-5,8-11,18,22-23H,1,6-7,12-16,19-20H2,2H3. The van der Waals surface area contributed by atoms with Crippen molar-refractivity contribution in [3.05, 3.63) is 66.1 Å². The molecule has 0 bridgehead atoms. The van der Waals surface area contributed by atoms with Crippen LogP contribution in [0.5, 0.6) is 6.01 Å². The van der Waals surface area contributed by atoms with Crippen molar-refractivity contribution in [2.45, 2.75) is 49.7 Å². The number of carbonyl (C=O) groups excluding carboxylic acids is 1. The number of hydrogen-bond donors (Lipinski definition) is 0. The highest BCUT2D eigenvalue weighted by Gasteiger charge is 2.45. The number of nitriles is 1. The molecule has 4 aromatic rings. The van der Waals surface area contributed by atoms with Gasteiger partial charge in [-0.1, -0.05) is 48.5 Å². The van der Waals surface area contributed by atoms with Gasteiger partial charge in [0.25, 0.3) is 0 Å². The van der Waals surface area contributed by atoms with Crippen LogP contribution in [0.2, 0.25) is 5.02 Å². The largest absolute Gasteiger partial charge is 0.461 e. The maximum atomic E-state index is 16.7. The van der Waals surface area contributed by atoms with E-state index in [9.17, 15) is 10.1 Å². The van der Waals surface area contributed by atoms with Crippen molar-refractivity contribution in [2.75, 3.05) is 38.2 Å². The van der Waals surface area contributed by atoms with Gasteiger partial charge in [-0.05, 0) is 56.3 Å². The van der Waals surface area contributed by atoms with E-state index >= 15 is 4.39 Å². The van der Waals surface area contributed by atoms with Crippen molar-refractivity contribution < 1.29 is 13.9 Å². The number of rotatable bonds is 7.